The highest BCUT2D eigenvalue weighted by atomic mass is 16.3. The first kappa shape index (κ1) is 12.1. The largest absolute Gasteiger partial charge is 0.389 e. The molecule has 0 aromatic heterocycles. The minimum atomic E-state index is -0.365. The van der Waals surface area contributed by atoms with Crippen LogP contribution in [0.3, 0.4) is 0 Å². The van der Waals surface area contributed by atoms with Gasteiger partial charge in [0.05, 0.1) is 5.60 Å². The molecular weight excluding hydrogens is 171 g/mol. The van der Waals surface area contributed by atoms with Crippen molar-refractivity contribution in [2.24, 2.45) is 5.41 Å². The molecule has 82 valence electrons. The molecule has 14 heavy (non-hydrogen) atoms. The Balaban J connectivity index is 2.69. The first-order chi connectivity index (χ1) is 6.58. The van der Waals surface area contributed by atoms with Gasteiger partial charge in [0.1, 0.15) is 7.85 Å². The molecule has 2 unspecified atom stereocenters. The zero-order valence-electron chi connectivity index (χ0n) is 10.1. The van der Waals surface area contributed by atoms with Crippen molar-refractivity contribution in [3.8, 4) is 0 Å². The second-order valence-electron chi connectivity index (χ2n) is 5.26. The summed E-state index contributed by atoms with van der Waals surface area (Å²) in [7, 11) is 2.20. The fourth-order valence-corrected chi connectivity index (χ4v) is 2.87. The molecule has 0 aromatic carbocycles. The van der Waals surface area contributed by atoms with E-state index in [0.29, 0.717) is 0 Å². The Labute approximate surface area is 89.7 Å². The first-order valence-corrected chi connectivity index (χ1v) is 6.30. The van der Waals surface area contributed by atoms with Gasteiger partial charge in [-0.15, -0.1) is 0 Å². The van der Waals surface area contributed by atoms with E-state index in [9.17, 15) is 5.11 Å². The standard InChI is InChI=1S/C12H25BO/c1-3-11(2)7-4-5-8-12(11,14)9-6-10-13/h14H,3-10,13H2,1-2H3. The lowest BCUT2D eigenvalue weighted by Gasteiger charge is -2.48. The third kappa shape index (κ3) is 2.16. The summed E-state index contributed by atoms with van der Waals surface area (Å²) in [5, 5.41) is 10.7. The van der Waals surface area contributed by atoms with Crippen molar-refractivity contribution in [2.45, 2.75) is 70.7 Å². The summed E-state index contributed by atoms with van der Waals surface area (Å²) in [6.07, 6.45) is 9.25. The second-order valence-corrected chi connectivity index (χ2v) is 5.26. The molecule has 1 nitrogen and oxygen atoms in total. The summed E-state index contributed by atoms with van der Waals surface area (Å²) in [6.45, 7) is 4.50. The van der Waals surface area contributed by atoms with Crippen molar-refractivity contribution in [2.75, 3.05) is 0 Å². The highest BCUT2D eigenvalue weighted by Crippen LogP contribution is 2.48. The lowest BCUT2D eigenvalue weighted by Crippen LogP contribution is -2.48. The van der Waals surface area contributed by atoms with Gasteiger partial charge < -0.3 is 5.11 Å². The number of aliphatic hydroxyl groups is 1. The molecule has 1 N–H and O–H groups in total. The van der Waals surface area contributed by atoms with Crippen LogP contribution in [-0.4, -0.2) is 18.6 Å². The predicted molar refractivity (Wildman–Crippen MR) is 64.4 cm³/mol. The van der Waals surface area contributed by atoms with Crippen LogP contribution in [0.1, 0.15) is 58.8 Å². The van der Waals surface area contributed by atoms with Gasteiger partial charge in [-0.1, -0.05) is 39.4 Å². The summed E-state index contributed by atoms with van der Waals surface area (Å²) in [4.78, 5) is 0. The Hall–Kier alpha value is 0.0249. The van der Waals surface area contributed by atoms with Crippen LogP contribution in [0.5, 0.6) is 0 Å². The third-order valence-electron chi connectivity index (χ3n) is 4.42. The fraction of sp³-hybridized carbons (Fsp3) is 1.00. The van der Waals surface area contributed by atoms with E-state index in [0.717, 1.165) is 19.3 Å². The topological polar surface area (TPSA) is 20.2 Å². The van der Waals surface area contributed by atoms with E-state index in [-0.39, 0.29) is 11.0 Å². The molecule has 1 aliphatic carbocycles. The van der Waals surface area contributed by atoms with Crippen LogP contribution in [-0.2, 0) is 0 Å². The maximum atomic E-state index is 10.7. The molecule has 1 saturated carbocycles. The summed E-state index contributed by atoms with van der Waals surface area (Å²) in [6, 6.07) is 0. The minimum absolute atomic E-state index is 0.181. The quantitative estimate of drug-likeness (QED) is 0.685. The molecule has 1 aliphatic rings. The Morgan fingerprint density at radius 3 is 2.50 bits per heavy atom. The van der Waals surface area contributed by atoms with Crippen LogP contribution in [0.4, 0.5) is 0 Å². The lowest BCUT2D eigenvalue weighted by atomic mass is 9.61. The monoisotopic (exact) mass is 196 g/mol. The van der Waals surface area contributed by atoms with Crippen molar-refractivity contribution < 1.29 is 5.11 Å². The molecule has 0 heterocycles. The van der Waals surface area contributed by atoms with Gasteiger partial charge in [0.15, 0.2) is 0 Å². The van der Waals surface area contributed by atoms with E-state index in [4.69, 9.17) is 0 Å². The average molecular weight is 196 g/mol. The Morgan fingerprint density at radius 1 is 1.29 bits per heavy atom. The highest BCUT2D eigenvalue weighted by molar-refractivity contribution is 6.08. The Kier molecular flexibility index (Phi) is 4.06. The molecule has 0 spiro atoms. The summed E-state index contributed by atoms with van der Waals surface area (Å²) in [5.74, 6) is 0. The van der Waals surface area contributed by atoms with Gasteiger partial charge in [0, 0.05) is 0 Å². The molecule has 0 bridgehead atoms. The maximum Gasteiger partial charge on any atom is 0.101 e. The van der Waals surface area contributed by atoms with E-state index in [1.54, 1.807) is 0 Å². The van der Waals surface area contributed by atoms with Crippen molar-refractivity contribution >= 4 is 7.85 Å². The van der Waals surface area contributed by atoms with Crippen LogP contribution < -0.4 is 0 Å². The van der Waals surface area contributed by atoms with Crippen molar-refractivity contribution in [3.63, 3.8) is 0 Å². The zero-order valence-corrected chi connectivity index (χ0v) is 10.1. The Bertz CT molecular complexity index is 183. The molecule has 1 fully saturated rings. The lowest BCUT2D eigenvalue weighted by molar-refractivity contribution is -0.113. The van der Waals surface area contributed by atoms with Crippen LogP contribution in [0.25, 0.3) is 0 Å². The molecule has 1 rings (SSSR count). The third-order valence-corrected chi connectivity index (χ3v) is 4.42. The second kappa shape index (κ2) is 4.70. The SMILES string of the molecule is BCCCC1(O)CCCCC1(C)CC. The molecule has 0 radical (unpaired) electrons. The van der Waals surface area contributed by atoms with E-state index < -0.39 is 0 Å². The fourth-order valence-electron chi connectivity index (χ4n) is 2.87. The molecule has 2 heteroatoms. The smallest absolute Gasteiger partial charge is 0.101 e. The molecular formula is C12H25BO. The van der Waals surface area contributed by atoms with Gasteiger partial charge in [0.2, 0.25) is 0 Å². The summed E-state index contributed by atoms with van der Waals surface area (Å²) >= 11 is 0. The molecule has 2 atom stereocenters. The van der Waals surface area contributed by atoms with Crippen LogP contribution in [0, 0.1) is 5.41 Å². The average Bonchev–Trinajstić information content (AvgIpc) is 2.20. The van der Waals surface area contributed by atoms with Gasteiger partial charge in [-0.25, -0.2) is 0 Å². The van der Waals surface area contributed by atoms with Gasteiger partial charge in [-0.2, -0.15) is 0 Å². The van der Waals surface area contributed by atoms with E-state index in [1.807, 2.05) is 0 Å². The van der Waals surface area contributed by atoms with E-state index in [2.05, 4.69) is 21.7 Å². The van der Waals surface area contributed by atoms with Crippen LogP contribution in [0.15, 0.2) is 0 Å². The van der Waals surface area contributed by atoms with Gasteiger partial charge in [-0.3, -0.25) is 0 Å². The van der Waals surface area contributed by atoms with Gasteiger partial charge >= 0.3 is 0 Å². The minimum Gasteiger partial charge on any atom is -0.389 e. The van der Waals surface area contributed by atoms with E-state index >= 15 is 0 Å². The normalized spacial score (nSPS) is 38.5. The maximum absolute atomic E-state index is 10.7. The zero-order chi connectivity index (χ0) is 10.7. The Morgan fingerprint density at radius 2 is 1.93 bits per heavy atom. The van der Waals surface area contributed by atoms with Gasteiger partial charge in [0.25, 0.3) is 0 Å². The number of rotatable bonds is 4. The van der Waals surface area contributed by atoms with Crippen molar-refractivity contribution in [1.29, 1.82) is 0 Å². The molecule has 0 aliphatic heterocycles. The van der Waals surface area contributed by atoms with Gasteiger partial charge in [-0.05, 0) is 31.1 Å². The molecule has 0 saturated heterocycles. The highest BCUT2D eigenvalue weighted by Gasteiger charge is 2.46. The first-order valence-electron chi connectivity index (χ1n) is 6.30. The van der Waals surface area contributed by atoms with E-state index in [1.165, 1.54) is 32.0 Å². The van der Waals surface area contributed by atoms with Crippen molar-refractivity contribution in [1.82, 2.24) is 0 Å². The summed E-state index contributed by atoms with van der Waals surface area (Å²) in [5.41, 5.74) is -0.184. The summed E-state index contributed by atoms with van der Waals surface area (Å²) < 4.78 is 0. The predicted octanol–water partition coefficient (Wildman–Crippen LogP) is 2.54. The molecule has 0 aromatic rings. The molecule has 0 amide bonds. The van der Waals surface area contributed by atoms with Crippen LogP contribution in [0.2, 0.25) is 6.32 Å². The van der Waals surface area contributed by atoms with Crippen molar-refractivity contribution in [3.05, 3.63) is 0 Å². The van der Waals surface area contributed by atoms with Crippen LogP contribution >= 0.6 is 0 Å². The number of hydrogen-bond donors (Lipinski definition) is 1. The number of hydrogen-bond acceptors (Lipinski definition) is 1.